The fourth-order valence-corrected chi connectivity index (χ4v) is 8.61. The third-order valence-electron chi connectivity index (χ3n) is 10.3. The first-order valence-electron chi connectivity index (χ1n) is 12.6. The normalized spacial score (nSPS) is 36.1. The van der Waals surface area contributed by atoms with Crippen molar-refractivity contribution in [1.82, 2.24) is 0 Å². The number of halogens is 1. The van der Waals surface area contributed by atoms with Crippen molar-refractivity contribution in [3.05, 3.63) is 57.2 Å². The highest BCUT2D eigenvalue weighted by Gasteiger charge is 2.60. The number of rotatable bonds is 1. The lowest BCUT2D eigenvalue weighted by Crippen LogP contribution is -2.54. The minimum absolute atomic E-state index is 0.146. The molecule has 6 rings (SSSR count). The molecule has 6 atom stereocenters. The summed E-state index contributed by atoms with van der Waals surface area (Å²) in [4.78, 5) is 25.1. The van der Waals surface area contributed by atoms with Crippen molar-refractivity contribution in [2.45, 2.75) is 70.6 Å². The van der Waals surface area contributed by atoms with Gasteiger partial charge in [-0.05, 0) is 103 Å². The lowest BCUT2D eigenvalue weighted by atomic mass is 9.45. The molecule has 0 spiro atoms. The number of ketones is 1. The monoisotopic (exact) mass is 459 g/mol. The number of hydrogen-bond acceptors (Lipinski definition) is 4. The molecule has 0 N–H and O–H groups in total. The van der Waals surface area contributed by atoms with Crippen molar-refractivity contribution in [1.29, 1.82) is 5.26 Å². The first kappa shape index (κ1) is 21.8. The van der Waals surface area contributed by atoms with Crippen LogP contribution in [0.2, 0.25) is 0 Å². The number of hydrogen-bond donors (Lipinski definition) is 0. The van der Waals surface area contributed by atoms with E-state index in [1.807, 2.05) is 0 Å². The molecule has 0 aliphatic heterocycles. The Morgan fingerprint density at radius 2 is 1.79 bits per heavy atom. The van der Waals surface area contributed by atoms with Crippen LogP contribution in [0.1, 0.15) is 75.5 Å². The summed E-state index contributed by atoms with van der Waals surface area (Å²) in [5.41, 5.74) is 2.01. The van der Waals surface area contributed by atoms with Gasteiger partial charge in [0, 0.05) is 24.0 Å². The first-order valence-corrected chi connectivity index (χ1v) is 12.6. The molecule has 1 unspecified atom stereocenters. The fraction of sp³-hybridized carbons (Fsp3) is 0.552. The molecule has 4 aliphatic carbocycles. The van der Waals surface area contributed by atoms with Gasteiger partial charge in [-0.1, -0.05) is 13.8 Å². The van der Waals surface area contributed by atoms with Crippen molar-refractivity contribution in [2.75, 3.05) is 0 Å². The molecule has 1 aromatic heterocycles. The van der Waals surface area contributed by atoms with Crippen LogP contribution < -0.4 is 5.63 Å². The topological polar surface area (TPSA) is 71.1 Å². The van der Waals surface area contributed by atoms with Crippen LogP contribution in [0.5, 0.6) is 0 Å². The van der Waals surface area contributed by atoms with Crippen molar-refractivity contribution in [3.8, 4) is 17.4 Å². The zero-order valence-corrected chi connectivity index (χ0v) is 19.8. The Morgan fingerprint density at radius 3 is 2.53 bits per heavy atom. The van der Waals surface area contributed by atoms with E-state index in [9.17, 15) is 19.2 Å². The molecule has 4 nitrogen and oxygen atoms in total. The Balaban J connectivity index is 1.47. The van der Waals surface area contributed by atoms with Crippen molar-refractivity contribution >= 4 is 5.78 Å². The van der Waals surface area contributed by atoms with Crippen molar-refractivity contribution in [3.63, 3.8) is 0 Å². The average molecular weight is 460 g/mol. The van der Waals surface area contributed by atoms with Gasteiger partial charge in [-0.3, -0.25) is 4.79 Å². The number of fused-ring (bicyclic) bond motifs is 7. The highest BCUT2D eigenvalue weighted by Crippen LogP contribution is 2.66. The lowest BCUT2D eigenvalue weighted by molar-refractivity contribution is -0.135. The molecular weight excluding hydrogens is 429 g/mol. The molecule has 0 saturated heterocycles. The van der Waals surface area contributed by atoms with Crippen LogP contribution in [0.3, 0.4) is 0 Å². The molecular formula is C29H30FNO3. The second-order valence-corrected chi connectivity index (χ2v) is 11.6. The third kappa shape index (κ3) is 2.87. The minimum atomic E-state index is -0.592. The van der Waals surface area contributed by atoms with Gasteiger partial charge in [0.2, 0.25) is 0 Å². The van der Waals surface area contributed by atoms with E-state index in [1.54, 1.807) is 12.1 Å². The van der Waals surface area contributed by atoms with Gasteiger partial charge < -0.3 is 4.42 Å². The van der Waals surface area contributed by atoms with E-state index >= 15 is 0 Å². The van der Waals surface area contributed by atoms with E-state index in [0.717, 1.165) is 56.1 Å². The Bertz CT molecular complexity index is 1290. The maximum atomic E-state index is 13.6. The third-order valence-corrected chi connectivity index (χ3v) is 10.3. The van der Waals surface area contributed by atoms with E-state index in [-0.39, 0.29) is 22.2 Å². The van der Waals surface area contributed by atoms with Crippen LogP contribution in [-0.2, 0) is 16.6 Å². The summed E-state index contributed by atoms with van der Waals surface area (Å²) >= 11 is 0. The molecule has 1 aromatic carbocycles. The summed E-state index contributed by atoms with van der Waals surface area (Å²) in [6.45, 7) is 4.66. The van der Waals surface area contributed by atoms with Gasteiger partial charge in [0.25, 0.3) is 0 Å². The van der Waals surface area contributed by atoms with Crippen LogP contribution in [0.25, 0.3) is 11.3 Å². The number of nitrogens with zero attached hydrogens (tertiary/aromatic N) is 1. The minimum Gasteiger partial charge on any atom is -0.421 e. The maximum Gasteiger partial charge on any atom is 0.354 e. The smallest absolute Gasteiger partial charge is 0.354 e. The molecule has 4 aliphatic rings. The Labute approximate surface area is 199 Å². The number of benzene rings is 1. The van der Waals surface area contributed by atoms with Gasteiger partial charge in [-0.15, -0.1) is 0 Å². The van der Waals surface area contributed by atoms with Gasteiger partial charge >= 0.3 is 5.63 Å². The quantitative estimate of drug-likeness (QED) is 0.529. The fourth-order valence-electron chi connectivity index (χ4n) is 8.61. The molecule has 176 valence electrons. The van der Waals surface area contributed by atoms with E-state index in [2.05, 4.69) is 19.9 Å². The summed E-state index contributed by atoms with van der Waals surface area (Å²) < 4.78 is 19.3. The van der Waals surface area contributed by atoms with E-state index in [1.165, 1.54) is 12.1 Å². The standard InChI is InChI=1S/C29H30FNO3/c1-28-11-9-19(32)13-17(28)5-8-20-23(28)10-12-29(2)24(20)14-21-25(29)22(15-31)27(33)34-26(21)16-3-6-18(30)7-4-16/h3-4,6-7,17,20,23-24H,5,8-14H2,1-2H3/t17?,20-,23+,24+,28+,29+/m1/s1. The molecule has 3 saturated carbocycles. The maximum absolute atomic E-state index is 13.6. The molecule has 0 bridgehead atoms. The molecule has 0 amide bonds. The van der Waals surface area contributed by atoms with Crippen molar-refractivity contribution in [2.24, 2.45) is 29.1 Å². The Kier molecular flexibility index (Phi) is 4.72. The molecule has 1 heterocycles. The number of carbonyl (C=O) groups is 1. The molecule has 3 fully saturated rings. The second-order valence-electron chi connectivity index (χ2n) is 11.6. The highest BCUT2D eigenvalue weighted by atomic mass is 19.1. The molecule has 2 aromatic rings. The van der Waals surface area contributed by atoms with Gasteiger partial charge in [0.05, 0.1) is 0 Å². The highest BCUT2D eigenvalue weighted by molar-refractivity contribution is 5.79. The van der Waals surface area contributed by atoms with E-state index < -0.39 is 5.63 Å². The van der Waals surface area contributed by atoms with E-state index in [4.69, 9.17) is 4.42 Å². The summed E-state index contributed by atoms with van der Waals surface area (Å²) in [5.74, 6) is 2.46. The number of Topliss-reactive ketones (excluding diaryl/α,β-unsaturated/α-hetero) is 1. The van der Waals surface area contributed by atoms with Crippen LogP contribution in [0.4, 0.5) is 4.39 Å². The summed E-state index contributed by atoms with van der Waals surface area (Å²) in [6.07, 6.45) is 7.37. The number of nitriles is 1. The molecule has 34 heavy (non-hydrogen) atoms. The summed E-state index contributed by atoms with van der Waals surface area (Å²) in [7, 11) is 0. The predicted octanol–water partition coefficient (Wildman–Crippen LogP) is 5.94. The first-order chi connectivity index (χ1) is 16.3. The zero-order chi connectivity index (χ0) is 23.8. The van der Waals surface area contributed by atoms with Crippen LogP contribution in [-0.4, -0.2) is 5.78 Å². The van der Waals surface area contributed by atoms with Gasteiger partial charge in [0.1, 0.15) is 29.0 Å². The predicted molar refractivity (Wildman–Crippen MR) is 126 cm³/mol. The summed E-state index contributed by atoms with van der Waals surface area (Å²) in [6, 6.07) is 8.23. The SMILES string of the molecule is C[C@]12CCC(=O)CC1CC[C@@H]1[C@@H]2CC[C@]2(C)c3c(c(-c4ccc(F)cc4)oc(=O)c3C#N)C[C@@H]12. The van der Waals surface area contributed by atoms with E-state index in [0.29, 0.717) is 47.2 Å². The zero-order valence-electron chi connectivity index (χ0n) is 19.8. The van der Waals surface area contributed by atoms with Gasteiger partial charge in [0.15, 0.2) is 0 Å². The molecule has 0 radical (unpaired) electrons. The van der Waals surface area contributed by atoms with Crippen molar-refractivity contribution < 1.29 is 13.6 Å². The summed E-state index contributed by atoms with van der Waals surface area (Å²) in [5, 5.41) is 9.95. The molecule has 5 heteroatoms. The van der Waals surface area contributed by atoms with Crippen LogP contribution in [0, 0.1) is 46.2 Å². The Hall–Kier alpha value is -2.74. The van der Waals surface area contributed by atoms with Crippen LogP contribution in [0.15, 0.2) is 33.5 Å². The Morgan fingerprint density at radius 1 is 1.03 bits per heavy atom. The number of carbonyl (C=O) groups excluding carboxylic acids is 1. The average Bonchev–Trinajstić information content (AvgIpc) is 3.13. The van der Waals surface area contributed by atoms with Gasteiger partial charge in [-0.25, -0.2) is 9.18 Å². The largest absolute Gasteiger partial charge is 0.421 e. The lowest BCUT2D eigenvalue weighted by Gasteiger charge is -2.59. The van der Waals surface area contributed by atoms with Crippen LogP contribution >= 0.6 is 0 Å². The second kappa shape index (κ2) is 7.38. The van der Waals surface area contributed by atoms with Gasteiger partial charge in [-0.2, -0.15) is 5.26 Å².